The molecule has 8 nitrogen and oxygen atoms in total. The molecule has 1 saturated carbocycles. The predicted octanol–water partition coefficient (Wildman–Crippen LogP) is 3.18. The Kier molecular flexibility index (Phi) is 7.55. The van der Waals surface area contributed by atoms with Crippen molar-refractivity contribution in [1.29, 1.82) is 0 Å². The summed E-state index contributed by atoms with van der Waals surface area (Å²) in [5.41, 5.74) is 0.182. The molecule has 1 amide bonds. The lowest BCUT2D eigenvalue weighted by Crippen LogP contribution is -2.53. The molecule has 2 bridgehead atoms. The molecule has 182 valence electrons. The molecule has 1 aromatic rings. The zero-order valence-corrected chi connectivity index (χ0v) is 20.4. The fraction of sp³-hybridized carbons (Fsp3) is 0.640. The number of benzene rings is 1. The summed E-state index contributed by atoms with van der Waals surface area (Å²) in [6, 6.07) is 3.03. The predicted molar refractivity (Wildman–Crippen MR) is 122 cm³/mol. The van der Waals surface area contributed by atoms with E-state index >= 15 is 0 Å². The van der Waals surface area contributed by atoms with Crippen molar-refractivity contribution in [3.63, 3.8) is 0 Å². The molecular formula is C25H35NO7. The number of hydrogen-bond donors (Lipinski definition) is 0. The Bertz CT molecular complexity index is 880. The first kappa shape index (κ1) is 24.9. The van der Waals surface area contributed by atoms with Crippen LogP contribution in [-0.4, -0.2) is 62.6 Å². The van der Waals surface area contributed by atoms with Crippen LogP contribution in [0.15, 0.2) is 12.1 Å². The van der Waals surface area contributed by atoms with Gasteiger partial charge in [0.2, 0.25) is 11.5 Å². The van der Waals surface area contributed by atoms with Gasteiger partial charge in [0, 0.05) is 11.5 Å². The largest absolute Gasteiger partial charge is 0.493 e. The van der Waals surface area contributed by atoms with E-state index in [0.29, 0.717) is 30.1 Å². The van der Waals surface area contributed by atoms with Crippen molar-refractivity contribution >= 4 is 17.7 Å². The first-order valence-corrected chi connectivity index (χ1v) is 11.4. The number of carbonyl (C=O) groups excluding carboxylic acids is 3. The Labute approximate surface area is 195 Å². The number of fused-ring (bicyclic) bond motifs is 2. The van der Waals surface area contributed by atoms with Crippen LogP contribution in [0.4, 0.5) is 0 Å². The quantitative estimate of drug-likeness (QED) is 0.317. The highest BCUT2D eigenvalue weighted by molar-refractivity contribution is 6.38. The summed E-state index contributed by atoms with van der Waals surface area (Å²) in [4.78, 5) is 39.9. The van der Waals surface area contributed by atoms with Gasteiger partial charge in [-0.2, -0.15) is 0 Å². The molecule has 33 heavy (non-hydrogen) atoms. The highest BCUT2D eigenvalue weighted by Gasteiger charge is 2.53. The Balaban J connectivity index is 1.60. The number of methoxy groups -OCH3 is 3. The van der Waals surface area contributed by atoms with Crippen LogP contribution in [0, 0.1) is 11.3 Å². The number of nitrogens with zero attached hydrogens (tertiary/aromatic N) is 1. The van der Waals surface area contributed by atoms with Gasteiger partial charge < -0.3 is 23.8 Å². The van der Waals surface area contributed by atoms with E-state index in [1.54, 1.807) is 42.1 Å². The van der Waals surface area contributed by atoms with Crippen LogP contribution >= 0.6 is 0 Å². The van der Waals surface area contributed by atoms with E-state index in [1.165, 1.54) is 4.90 Å². The zero-order valence-electron chi connectivity index (χ0n) is 20.4. The van der Waals surface area contributed by atoms with Gasteiger partial charge in [-0.05, 0) is 55.7 Å². The van der Waals surface area contributed by atoms with Crippen LogP contribution in [0.1, 0.15) is 52.0 Å². The van der Waals surface area contributed by atoms with Crippen molar-refractivity contribution in [2.24, 2.45) is 11.3 Å². The molecule has 1 aliphatic heterocycles. The summed E-state index contributed by atoms with van der Waals surface area (Å²) < 4.78 is 21.7. The molecule has 2 aliphatic rings. The Morgan fingerprint density at radius 2 is 1.64 bits per heavy atom. The van der Waals surface area contributed by atoms with E-state index in [2.05, 4.69) is 0 Å². The molecule has 3 atom stereocenters. The second kappa shape index (κ2) is 10.0. The number of rotatable bonds is 9. The first-order valence-electron chi connectivity index (χ1n) is 11.4. The fourth-order valence-electron chi connectivity index (χ4n) is 4.84. The molecular weight excluding hydrogens is 426 g/mol. The molecule has 8 heteroatoms. The maximum Gasteiger partial charge on any atom is 0.329 e. The molecule has 0 spiro atoms. The minimum absolute atomic E-state index is 0.0504. The average Bonchev–Trinajstić information content (AvgIpc) is 3.41. The second-order valence-electron chi connectivity index (χ2n) is 9.77. The van der Waals surface area contributed by atoms with Crippen LogP contribution < -0.4 is 14.2 Å². The summed E-state index contributed by atoms with van der Waals surface area (Å²) in [5.74, 6) is 0.300. The van der Waals surface area contributed by atoms with Crippen molar-refractivity contribution in [2.75, 3.05) is 27.9 Å². The van der Waals surface area contributed by atoms with Crippen LogP contribution in [0.2, 0.25) is 0 Å². The van der Waals surface area contributed by atoms with Crippen molar-refractivity contribution in [3.8, 4) is 17.2 Å². The first-order chi connectivity index (χ1) is 15.6. The van der Waals surface area contributed by atoms with E-state index < -0.39 is 29.1 Å². The third-order valence-corrected chi connectivity index (χ3v) is 6.52. The van der Waals surface area contributed by atoms with E-state index in [4.69, 9.17) is 18.9 Å². The molecule has 0 aromatic heterocycles. The topological polar surface area (TPSA) is 91.4 Å². The molecule has 0 radical (unpaired) electrons. The minimum Gasteiger partial charge on any atom is -0.493 e. The molecule has 1 aliphatic carbocycles. The van der Waals surface area contributed by atoms with E-state index in [9.17, 15) is 14.4 Å². The number of piperidine rings is 1. The lowest BCUT2D eigenvalue weighted by Gasteiger charge is -2.34. The number of esters is 1. The molecule has 2 fully saturated rings. The number of Topliss-reactive ketones (excluding diaryl/α,β-unsaturated/α-hetero) is 1. The van der Waals surface area contributed by atoms with Crippen molar-refractivity contribution in [2.45, 2.75) is 65.0 Å². The summed E-state index contributed by atoms with van der Waals surface area (Å²) in [6.07, 6.45) is 3.71. The van der Waals surface area contributed by atoms with Gasteiger partial charge in [-0.25, -0.2) is 4.79 Å². The third kappa shape index (κ3) is 5.09. The van der Waals surface area contributed by atoms with Gasteiger partial charge in [0.1, 0.15) is 6.04 Å². The standard InChI is InChI=1S/C25H35NO7/c1-25(2,3)22(27)23(28)26-17-10-9-16(14-17)20(26)24(29)33-11-7-8-15-12-18(30-4)21(32-6)19(13-15)31-5/h12-13,16-17,20H,7-11,14H2,1-6H3/t16-,17+,20+/m1/s1. The number of amides is 1. The Hall–Kier alpha value is -2.77. The lowest BCUT2D eigenvalue weighted by molar-refractivity contribution is -0.161. The molecule has 3 rings (SSSR count). The number of aryl methyl sites for hydroxylation is 1. The number of likely N-dealkylation sites (tertiary alicyclic amines) is 1. The normalized spacial score (nSPS) is 21.6. The van der Waals surface area contributed by atoms with Gasteiger partial charge in [-0.3, -0.25) is 9.59 Å². The van der Waals surface area contributed by atoms with Crippen molar-refractivity contribution in [3.05, 3.63) is 17.7 Å². The van der Waals surface area contributed by atoms with Gasteiger partial charge >= 0.3 is 5.97 Å². The second-order valence-corrected chi connectivity index (χ2v) is 9.77. The number of hydrogen-bond acceptors (Lipinski definition) is 7. The average molecular weight is 462 g/mol. The van der Waals surface area contributed by atoms with Gasteiger partial charge in [-0.1, -0.05) is 20.8 Å². The minimum atomic E-state index is -0.784. The van der Waals surface area contributed by atoms with E-state index in [1.807, 2.05) is 12.1 Å². The van der Waals surface area contributed by atoms with Crippen LogP contribution in [0.25, 0.3) is 0 Å². The van der Waals surface area contributed by atoms with Crippen molar-refractivity contribution < 1.29 is 33.3 Å². The van der Waals surface area contributed by atoms with Gasteiger partial charge in [-0.15, -0.1) is 0 Å². The summed E-state index contributed by atoms with van der Waals surface area (Å²) in [7, 11) is 4.68. The van der Waals surface area contributed by atoms with E-state index in [-0.39, 0.29) is 18.6 Å². The smallest absolute Gasteiger partial charge is 0.329 e. The molecule has 1 aromatic carbocycles. The lowest BCUT2D eigenvalue weighted by atomic mass is 9.89. The van der Waals surface area contributed by atoms with Gasteiger partial charge in [0.05, 0.1) is 27.9 Å². The molecule has 0 unspecified atom stereocenters. The summed E-state index contributed by atoms with van der Waals surface area (Å²) in [5, 5.41) is 0. The molecule has 1 heterocycles. The number of carbonyl (C=O) groups is 3. The van der Waals surface area contributed by atoms with Crippen LogP contribution in [0.5, 0.6) is 17.2 Å². The molecule has 1 saturated heterocycles. The summed E-state index contributed by atoms with van der Waals surface area (Å²) in [6.45, 7) is 5.38. The van der Waals surface area contributed by atoms with Crippen LogP contribution in [-0.2, 0) is 25.5 Å². The van der Waals surface area contributed by atoms with E-state index in [0.717, 1.165) is 24.8 Å². The Morgan fingerprint density at radius 3 is 2.18 bits per heavy atom. The maximum absolute atomic E-state index is 12.9. The van der Waals surface area contributed by atoms with Crippen molar-refractivity contribution in [1.82, 2.24) is 4.90 Å². The third-order valence-electron chi connectivity index (χ3n) is 6.52. The highest BCUT2D eigenvalue weighted by atomic mass is 16.5. The Morgan fingerprint density at radius 1 is 1.00 bits per heavy atom. The van der Waals surface area contributed by atoms with Gasteiger partial charge in [0.25, 0.3) is 5.91 Å². The maximum atomic E-state index is 12.9. The number of ether oxygens (including phenoxy) is 4. The summed E-state index contributed by atoms with van der Waals surface area (Å²) >= 11 is 0. The monoisotopic (exact) mass is 461 g/mol. The number of ketones is 1. The van der Waals surface area contributed by atoms with Crippen LogP contribution in [0.3, 0.4) is 0 Å². The highest BCUT2D eigenvalue weighted by Crippen LogP contribution is 2.43. The fourth-order valence-corrected chi connectivity index (χ4v) is 4.84. The SMILES string of the molecule is COc1cc(CCCOC(=O)[C@@H]2[C@@H]3CC[C@@H](C3)N2C(=O)C(=O)C(C)(C)C)cc(OC)c1OC. The molecule has 0 N–H and O–H groups in total. The zero-order chi connectivity index (χ0) is 24.3. The van der Waals surface area contributed by atoms with Gasteiger partial charge in [0.15, 0.2) is 11.5 Å².